The lowest BCUT2D eigenvalue weighted by atomic mass is 9.97. The Morgan fingerprint density at radius 3 is 3.00 bits per heavy atom. The van der Waals surface area contributed by atoms with Gasteiger partial charge in [0.05, 0.1) is 0 Å². The molecule has 0 aromatic rings. The fourth-order valence-corrected chi connectivity index (χ4v) is 2.27. The van der Waals surface area contributed by atoms with Crippen LogP contribution in [0.2, 0.25) is 0 Å². The molecule has 0 radical (unpaired) electrons. The third-order valence-electron chi connectivity index (χ3n) is 3.16. The fraction of sp³-hybridized carbons (Fsp3) is 0.727. The second-order valence-electron chi connectivity index (χ2n) is 4.19. The third kappa shape index (κ3) is 1.83. The zero-order valence-electron chi connectivity index (χ0n) is 8.20. The van der Waals surface area contributed by atoms with Crippen LogP contribution in [0.3, 0.4) is 0 Å². The largest absolute Gasteiger partial charge is 0.299 e. The van der Waals surface area contributed by atoms with Crippen LogP contribution in [0.4, 0.5) is 0 Å². The van der Waals surface area contributed by atoms with Gasteiger partial charge in [0, 0.05) is 31.5 Å². The number of ketones is 1. The highest BCUT2D eigenvalue weighted by atomic mass is 16.1. The average Bonchev–Trinajstić information content (AvgIpc) is 2.62. The van der Waals surface area contributed by atoms with Crippen LogP contribution in [0, 0.1) is 5.92 Å². The highest BCUT2D eigenvalue weighted by Gasteiger charge is 2.27. The van der Waals surface area contributed by atoms with Crippen molar-refractivity contribution in [1.29, 1.82) is 0 Å². The maximum atomic E-state index is 11.3. The lowest BCUT2D eigenvalue weighted by Crippen LogP contribution is -2.44. The van der Waals surface area contributed by atoms with Gasteiger partial charge >= 0.3 is 0 Å². The van der Waals surface area contributed by atoms with Crippen molar-refractivity contribution in [2.75, 3.05) is 13.1 Å². The molecule has 0 amide bonds. The summed E-state index contributed by atoms with van der Waals surface area (Å²) in [7, 11) is 0. The van der Waals surface area contributed by atoms with Gasteiger partial charge in [0.2, 0.25) is 0 Å². The summed E-state index contributed by atoms with van der Waals surface area (Å²) >= 11 is 0. The summed E-state index contributed by atoms with van der Waals surface area (Å²) in [4.78, 5) is 13.8. The molecule has 0 aromatic heterocycles. The lowest BCUT2D eigenvalue weighted by molar-refractivity contribution is -0.125. The van der Waals surface area contributed by atoms with Crippen LogP contribution in [0.25, 0.3) is 0 Å². The van der Waals surface area contributed by atoms with E-state index in [0.717, 1.165) is 19.5 Å². The first-order valence-corrected chi connectivity index (χ1v) is 5.21. The molecule has 1 heterocycles. The molecule has 13 heavy (non-hydrogen) atoms. The Labute approximate surface area is 79.6 Å². The zero-order valence-corrected chi connectivity index (χ0v) is 8.20. The van der Waals surface area contributed by atoms with Crippen LogP contribution in [-0.2, 0) is 4.79 Å². The number of likely N-dealkylation sites (tertiary alicyclic amines) is 1. The molecule has 2 aliphatic rings. The molecule has 0 spiro atoms. The SMILES string of the molecule is CC1CN(C2C=CCC2)CCC1=O. The van der Waals surface area contributed by atoms with Crippen LogP contribution in [0.15, 0.2) is 12.2 Å². The number of rotatable bonds is 1. The van der Waals surface area contributed by atoms with E-state index in [1.54, 1.807) is 0 Å². The summed E-state index contributed by atoms with van der Waals surface area (Å²) in [6.07, 6.45) is 7.77. The molecule has 1 aliphatic carbocycles. The summed E-state index contributed by atoms with van der Waals surface area (Å²) in [5.74, 6) is 0.695. The number of hydrogen-bond acceptors (Lipinski definition) is 2. The van der Waals surface area contributed by atoms with Crippen molar-refractivity contribution in [3.8, 4) is 0 Å². The minimum atomic E-state index is 0.253. The molecule has 0 aromatic carbocycles. The van der Waals surface area contributed by atoms with Gasteiger partial charge in [-0.2, -0.15) is 0 Å². The van der Waals surface area contributed by atoms with E-state index in [1.165, 1.54) is 12.8 Å². The number of carbonyl (C=O) groups excluding carboxylic acids is 1. The van der Waals surface area contributed by atoms with E-state index in [-0.39, 0.29) is 5.92 Å². The predicted molar refractivity (Wildman–Crippen MR) is 52.5 cm³/mol. The topological polar surface area (TPSA) is 20.3 Å². The van der Waals surface area contributed by atoms with Crippen molar-refractivity contribution < 1.29 is 4.79 Å². The van der Waals surface area contributed by atoms with E-state index in [0.29, 0.717) is 11.8 Å². The van der Waals surface area contributed by atoms with Gasteiger partial charge < -0.3 is 0 Å². The summed E-state index contributed by atoms with van der Waals surface area (Å²) in [5, 5.41) is 0. The molecule has 0 N–H and O–H groups in total. The van der Waals surface area contributed by atoms with Gasteiger partial charge in [-0.15, -0.1) is 0 Å². The van der Waals surface area contributed by atoms with E-state index < -0.39 is 0 Å². The number of allylic oxidation sites excluding steroid dienone is 1. The first-order valence-electron chi connectivity index (χ1n) is 5.21. The monoisotopic (exact) mass is 179 g/mol. The molecule has 2 atom stereocenters. The molecule has 2 nitrogen and oxygen atoms in total. The number of Topliss-reactive ketones (excluding diaryl/α,β-unsaturated/α-hetero) is 1. The maximum absolute atomic E-state index is 11.3. The molecular weight excluding hydrogens is 162 g/mol. The van der Waals surface area contributed by atoms with Gasteiger partial charge in [-0.3, -0.25) is 9.69 Å². The first-order chi connectivity index (χ1) is 6.27. The quantitative estimate of drug-likeness (QED) is 0.570. The number of hydrogen-bond donors (Lipinski definition) is 0. The Hall–Kier alpha value is -0.630. The summed E-state index contributed by atoms with van der Waals surface area (Å²) < 4.78 is 0. The van der Waals surface area contributed by atoms with Gasteiger partial charge in [0.25, 0.3) is 0 Å². The second kappa shape index (κ2) is 3.62. The van der Waals surface area contributed by atoms with Crippen molar-refractivity contribution in [1.82, 2.24) is 4.90 Å². The van der Waals surface area contributed by atoms with Crippen molar-refractivity contribution in [3.63, 3.8) is 0 Å². The summed E-state index contributed by atoms with van der Waals surface area (Å²) in [5.41, 5.74) is 0. The van der Waals surface area contributed by atoms with Crippen molar-refractivity contribution in [2.45, 2.75) is 32.2 Å². The van der Waals surface area contributed by atoms with E-state index in [4.69, 9.17) is 0 Å². The minimum Gasteiger partial charge on any atom is -0.299 e. The molecule has 0 saturated carbocycles. The van der Waals surface area contributed by atoms with Gasteiger partial charge in [0.15, 0.2) is 0 Å². The van der Waals surface area contributed by atoms with E-state index in [2.05, 4.69) is 17.1 Å². The van der Waals surface area contributed by atoms with E-state index >= 15 is 0 Å². The Balaban J connectivity index is 1.94. The van der Waals surface area contributed by atoms with Crippen molar-refractivity contribution in [2.24, 2.45) is 5.92 Å². The Morgan fingerprint density at radius 2 is 2.38 bits per heavy atom. The first kappa shape index (κ1) is 8.95. The second-order valence-corrected chi connectivity index (χ2v) is 4.19. The molecular formula is C11H17NO. The van der Waals surface area contributed by atoms with Crippen LogP contribution >= 0.6 is 0 Å². The molecule has 2 heteroatoms. The molecule has 72 valence electrons. The molecule has 2 unspecified atom stereocenters. The van der Waals surface area contributed by atoms with Gasteiger partial charge in [0.1, 0.15) is 5.78 Å². The Morgan fingerprint density at radius 1 is 1.54 bits per heavy atom. The van der Waals surface area contributed by atoms with Crippen LogP contribution < -0.4 is 0 Å². The number of piperidine rings is 1. The molecule has 1 fully saturated rings. The molecule has 1 saturated heterocycles. The highest BCUT2D eigenvalue weighted by Crippen LogP contribution is 2.21. The van der Waals surface area contributed by atoms with Crippen molar-refractivity contribution >= 4 is 5.78 Å². The summed E-state index contributed by atoms with van der Waals surface area (Å²) in [6, 6.07) is 0.621. The van der Waals surface area contributed by atoms with E-state index in [1.807, 2.05) is 6.92 Å². The van der Waals surface area contributed by atoms with Gasteiger partial charge in [-0.25, -0.2) is 0 Å². The number of nitrogens with zero attached hydrogens (tertiary/aromatic N) is 1. The minimum absolute atomic E-state index is 0.253. The maximum Gasteiger partial charge on any atom is 0.138 e. The van der Waals surface area contributed by atoms with Crippen LogP contribution in [0.1, 0.15) is 26.2 Å². The lowest BCUT2D eigenvalue weighted by Gasteiger charge is -2.33. The fourth-order valence-electron chi connectivity index (χ4n) is 2.27. The average molecular weight is 179 g/mol. The smallest absolute Gasteiger partial charge is 0.138 e. The summed E-state index contributed by atoms with van der Waals surface area (Å²) in [6.45, 7) is 3.99. The highest BCUT2D eigenvalue weighted by molar-refractivity contribution is 5.81. The van der Waals surface area contributed by atoms with Crippen LogP contribution in [-0.4, -0.2) is 29.8 Å². The van der Waals surface area contributed by atoms with Crippen molar-refractivity contribution in [3.05, 3.63) is 12.2 Å². The normalized spacial score (nSPS) is 35.6. The third-order valence-corrected chi connectivity index (χ3v) is 3.16. The number of carbonyl (C=O) groups is 1. The molecule has 2 rings (SSSR count). The Bertz CT molecular complexity index is 234. The molecule has 1 aliphatic heterocycles. The standard InChI is InChI=1S/C11H17NO/c1-9-8-12(7-6-11(9)13)10-4-2-3-5-10/h2,4,9-10H,3,5-8H2,1H3. The predicted octanol–water partition coefficient (Wildman–Crippen LogP) is 1.62. The molecule has 0 bridgehead atoms. The van der Waals surface area contributed by atoms with Crippen LogP contribution in [0.5, 0.6) is 0 Å². The van der Waals surface area contributed by atoms with E-state index in [9.17, 15) is 4.79 Å². The van der Waals surface area contributed by atoms with Gasteiger partial charge in [-0.1, -0.05) is 19.1 Å². The Kier molecular flexibility index (Phi) is 2.49. The zero-order chi connectivity index (χ0) is 9.26. The van der Waals surface area contributed by atoms with Gasteiger partial charge in [-0.05, 0) is 12.8 Å².